The number of aryl methyl sites for hydroxylation is 1. The van der Waals surface area contributed by atoms with Gasteiger partial charge in [-0.15, -0.1) is 0 Å². The van der Waals surface area contributed by atoms with Crippen LogP contribution in [0.1, 0.15) is 31.7 Å². The molecule has 1 aromatic rings. The van der Waals surface area contributed by atoms with E-state index in [4.69, 9.17) is 0 Å². The Hall–Kier alpha value is -1.15. The molecule has 1 heterocycles. The van der Waals surface area contributed by atoms with E-state index in [0.717, 1.165) is 25.8 Å². The number of nitrogens with one attached hydrogen (secondary N) is 1. The number of Topliss-reactive ketones (excluding diaryl/α,β-unsaturated/α-hetero) is 1. The van der Waals surface area contributed by atoms with Crippen molar-refractivity contribution in [3.63, 3.8) is 0 Å². The maximum Gasteiger partial charge on any atom is 0.152 e. The molecule has 1 aliphatic rings. The molecule has 1 atom stereocenters. The number of hydrogen-bond acceptors (Lipinski definition) is 2. The molecule has 1 saturated heterocycles. The van der Waals surface area contributed by atoms with Crippen LogP contribution in [0.5, 0.6) is 0 Å². The zero-order valence-electron chi connectivity index (χ0n) is 9.83. The zero-order valence-corrected chi connectivity index (χ0v) is 9.83. The molecule has 0 saturated carbocycles. The topological polar surface area (TPSA) is 29.1 Å². The summed E-state index contributed by atoms with van der Waals surface area (Å²) in [5, 5.41) is 3.32. The van der Waals surface area contributed by atoms with E-state index >= 15 is 0 Å². The van der Waals surface area contributed by atoms with Gasteiger partial charge in [0, 0.05) is 6.42 Å². The highest BCUT2D eigenvalue weighted by Crippen LogP contribution is 2.21. The zero-order chi connectivity index (χ0) is 11.4. The minimum Gasteiger partial charge on any atom is -0.305 e. The summed E-state index contributed by atoms with van der Waals surface area (Å²) in [6, 6.07) is 10.2. The summed E-state index contributed by atoms with van der Waals surface area (Å²) in [6.45, 7) is 3.01. The van der Waals surface area contributed by atoms with Gasteiger partial charge in [-0.2, -0.15) is 0 Å². The van der Waals surface area contributed by atoms with Gasteiger partial charge >= 0.3 is 0 Å². The van der Waals surface area contributed by atoms with Gasteiger partial charge in [0.15, 0.2) is 5.78 Å². The first-order valence-electron chi connectivity index (χ1n) is 6.03. The van der Waals surface area contributed by atoms with Crippen LogP contribution in [-0.4, -0.2) is 17.9 Å². The average molecular weight is 217 g/mol. The van der Waals surface area contributed by atoms with E-state index in [2.05, 4.69) is 17.4 Å². The third kappa shape index (κ3) is 2.50. The second kappa shape index (κ2) is 4.79. The van der Waals surface area contributed by atoms with Crippen molar-refractivity contribution < 1.29 is 4.79 Å². The first-order chi connectivity index (χ1) is 7.71. The molecule has 1 aliphatic heterocycles. The molecule has 1 aromatic carbocycles. The summed E-state index contributed by atoms with van der Waals surface area (Å²) >= 11 is 0. The van der Waals surface area contributed by atoms with E-state index in [1.54, 1.807) is 0 Å². The fourth-order valence-electron chi connectivity index (χ4n) is 2.31. The van der Waals surface area contributed by atoms with Gasteiger partial charge in [0.25, 0.3) is 0 Å². The first kappa shape index (κ1) is 11.3. The molecule has 0 amide bonds. The highest BCUT2D eigenvalue weighted by molar-refractivity contribution is 5.88. The van der Waals surface area contributed by atoms with Crippen molar-refractivity contribution in [1.82, 2.24) is 5.32 Å². The van der Waals surface area contributed by atoms with E-state index in [9.17, 15) is 4.79 Å². The van der Waals surface area contributed by atoms with Gasteiger partial charge in [-0.25, -0.2) is 0 Å². The van der Waals surface area contributed by atoms with Crippen LogP contribution in [0, 0.1) is 0 Å². The summed E-state index contributed by atoms with van der Waals surface area (Å²) in [6.07, 6.45) is 3.61. The van der Waals surface area contributed by atoms with Crippen molar-refractivity contribution in [2.75, 3.05) is 6.54 Å². The maximum absolute atomic E-state index is 12.1. The number of carbonyl (C=O) groups is 1. The van der Waals surface area contributed by atoms with Crippen LogP contribution in [0.25, 0.3) is 0 Å². The van der Waals surface area contributed by atoms with E-state index in [1.807, 2.05) is 25.1 Å². The average Bonchev–Trinajstić information content (AvgIpc) is 2.76. The van der Waals surface area contributed by atoms with E-state index in [1.165, 1.54) is 5.56 Å². The highest BCUT2D eigenvalue weighted by atomic mass is 16.1. The van der Waals surface area contributed by atoms with Gasteiger partial charge in [-0.1, -0.05) is 30.3 Å². The molecule has 1 N–H and O–H groups in total. The first-order valence-corrected chi connectivity index (χ1v) is 6.03. The van der Waals surface area contributed by atoms with E-state index in [-0.39, 0.29) is 5.54 Å². The lowest BCUT2D eigenvalue weighted by atomic mass is 9.90. The molecule has 0 bridgehead atoms. The largest absolute Gasteiger partial charge is 0.305 e. The Morgan fingerprint density at radius 2 is 2.12 bits per heavy atom. The van der Waals surface area contributed by atoms with Gasteiger partial charge in [0.2, 0.25) is 0 Å². The second-order valence-corrected chi connectivity index (χ2v) is 4.77. The Morgan fingerprint density at radius 1 is 1.38 bits per heavy atom. The summed E-state index contributed by atoms with van der Waals surface area (Å²) < 4.78 is 0. The smallest absolute Gasteiger partial charge is 0.152 e. The molecule has 86 valence electrons. The van der Waals surface area contributed by atoms with Gasteiger partial charge in [0.05, 0.1) is 5.54 Å². The van der Waals surface area contributed by atoms with Gasteiger partial charge < -0.3 is 5.32 Å². The van der Waals surface area contributed by atoms with E-state index < -0.39 is 0 Å². The second-order valence-electron chi connectivity index (χ2n) is 4.77. The number of benzene rings is 1. The Morgan fingerprint density at radius 3 is 2.75 bits per heavy atom. The lowest BCUT2D eigenvalue weighted by molar-refractivity contribution is -0.124. The standard InChI is InChI=1S/C14H19NO/c1-14(10-5-11-15-14)13(16)9-8-12-6-3-2-4-7-12/h2-4,6-7,15H,5,8-11H2,1H3. The van der Waals surface area contributed by atoms with Crippen LogP contribution in [0.2, 0.25) is 0 Å². The molecule has 0 aromatic heterocycles. The minimum atomic E-state index is -0.255. The summed E-state index contributed by atoms with van der Waals surface area (Å²) in [5.41, 5.74) is 0.992. The lowest BCUT2D eigenvalue weighted by Gasteiger charge is -2.22. The Kier molecular flexibility index (Phi) is 3.39. The molecule has 16 heavy (non-hydrogen) atoms. The molecule has 0 spiro atoms. The van der Waals surface area contributed by atoms with Crippen LogP contribution >= 0.6 is 0 Å². The minimum absolute atomic E-state index is 0.255. The molecule has 2 nitrogen and oxygen atoms in total. The Bertz CT molecular complexity index is 352. The normalized spacial score (nSPS) is 24.6. The molecular formula is C14H19NO. The van der Waals surface area contributed by atoms with Crippen LogP contribution in [0.4, 0.5) is 0 Å². The molecule has 2 heteroatoms. The molecule has 0 aliphatic carbocycles. The number of carbonyl (C=O) groups excluding carboxylic acids is 1. The monoisotopic (exact) mass is 217 g/mol. The predicted molar refractivity (Wildman–Crippen MR) is 65.4 cm³/mol. The van der Waals surface area contributed by atoms with Crippen LogP contribution in [0.3, 0.4) is 0 Å². The molecule has 2 rings (SSSR count). The van der Waals surface area contributed by atoms with Crippen molar-refractivity contribution in [3.05, 3.63) is 35.9 Å². The van der Waals surface area contributed by atoms with Crippen molar-refractivity contribution in [1.29, 1.82) is 0 Å². The van der Waals surface area contributed by atoms with Gasteiger partial charge in [-0.05, 0) is 38.3 Å². The van der Waals surface area contributed by atoms with Crippen molar-refractivity contribution >= 4 is 5.78 Å². The van der Waals surface area contributed by atoms with Crippen molar-refractivity contribution in [3.8, 4) is 0 Å². The predicted octanol–water partition coefficient (Wildman–Crippen LogP) is 2.33. The molecular weight excluding hydrogens is 198 g/mol. The summed E-state index contributed by atoms with van der Waals surface area (Å²) in [5.74, 6) is 0.355. The van der Waals surface area contributed by atoms with Crippen molar-refractivity contribution in [2.24, 2.45) is 0 Å². The van der Waals surface area contributed by atoms with Gasteiger partial charge in [-0.3, -0.25) is 4.79 Å². The van der Waals surface area contributed by atoms with Crippen LogP contribution in [-0.2, 0) is 11.2 Å². The summed E-state index contributed by atoms with van der Waals surface area (Å²) in [4.78, 5) is 12.1. The molecule has 0 radical (unpaired) electrons. The quantitative estimate of drug-likeness (QED) is 0.838. The third-order valence-corrected chi connectivity index (χ3v) is 3.47. The maximum atomic E-state index is 12.1. The van der Waals surface area contributed by atoms with Crippen LogP contribution in [0.15, 0.2) is 30.3 Å². The van der Waals surface area contributed by atoms with E-state index in [0.29, 0.717) is 12.2 Å². The fraction of sp³-hybridized carbons (Fsp3) is 0.500. The molecule has 1 fully saturated rings. The van der Waals surface area contributed by atoms with Crippen molar-refractivity contribution in [2.45, 2.75) is 38.1 Å². The third-order valence-electron chi connectivity index (χ3n) is 3.47. The molecule has 1 unspecified atom stereocenters. The SMILES string of the molecule is CC1(C(=O)CCc2ccccc2)CCCN1. The number of ketones is 1. The Labute approximate surface area is 97.1 Å². The highest BCUT2D eigenvalue weighted by Gasteiger charge is 2.34. The Balaban J connectivity index is 1.89. The van der Waals surface area contributed by atoms with Crippen LogP contribution < -0.4 is 5.32 Å². The number of hydrogen-bond donors (Lipinski definition) is 1. The summed E-state index contributed by atoms with van der Waals surface area (Å²) in [7, 11) is 0. The lowest BCUT2D eigenvalue weighted by Crippen LogP contribution is -2.44. The number of rotatable bonds is 4. The van der Waals surface area contributed by atoms with Gasteiger partial charge in [0.1, 0.15) is 0 Å². The fourth-order valence-corrected chi connectivity index (χ4v) is 2.31.